The predicted molar refractivity (Wildman–Crippen MR) is 106 cm³/mol. The molecule has 0 aliphatic heterocycles. The highest BCUT2D eigenvalue weighted by Gasteiger charge is 2.50. The summed E-state index contributed by atoms with van der Waals surface area (Å²) in [6.07, 6.45) is 2.65. The lowest BCUT2D eigenvalue weighted by atomic mass is 9.62. The van der Waals surface area contributed by atoms with Crippen LogP contribution in [0.15, 0.2) is 24.0 Å². The number of Topliss-reactive ketones (excluding diaryl/α,β-unsaturated/α-hetero) is 3. The maximum atomic E-state index is 13.0. The van der Waals surface area contributed by atoms with Gasteiger partial charge in [-0.3, -0.25) is 14.4 Å². The van der Waals surface area contributed by atoms with Crippen molar-refractivity contribution >= 4 is 28.7 Å². The third-order valence-electron chi connectivity index (χ3n) is 5.64. The summed E-state index contributed by atoms with van der Waals surface area (Å²) in [5, 5.41) is 10.7. The fraction of sp³-hybridized carbons (Fsp3) is 0.591. The van der Waals surface area contributed by atoms with Crippen molar-refractivity contribution < 1.29 is 19.5 Å². The molecular formula is C22H28O4S. The monoisotopic (exact) mass is 388 g/mol. The maximum absolute atomic E-state index is 13.0. The standard InChI is InChI=1S/C22H28O4S/c1-12-6-7-17(27-12)20(18-13(23)8-21(2,3)9-14(18)24)19-15(25)10-22(4,5)11-16(19)26/h6-8,18-20,23H,9-11H2,1-5H3. The first-order valence-electron chi connectivity index (χ1n) is 9.46. The minimum absolute atomic E-state index is 0.00210. The number of allylic oxidation sites excluding steroid dienone is 2. The van der Waals surface area contributed by atoms with Crippen LogP contribution in [0.3, 0.4) is 0 Å². The molecule has 1 saturated carbocycles. The van der Waals surface area contributed by atoms with Crippen LogP contribution in [0.5, 0.6) is 0 Å². The lowest BCUT2D eigenvalue weighted by Crippen LogP contribution is -2.45. The van der Waals surface area contributed by atoms with E-state index in [9.17, 15) is 19.5 Å². The molecule has 1 N–H and O–H groups in total. The van der Waals surface area contributed by atoms with Crippen molar-refractivity contribution in [1.29, 1.82) is 0 Å². The summed E-state index contributed by atoms with van der Waals surface area (Å²) in [7, 11) is 0. The van der Waals surface area contributed by atoms with E-state index in [0.29, 0.717) is 19.3 Å². The Hall–Kier alpha value is -1.75. The number of aliphatic hydroxyl groups is 1. The number of thiophene rings is 1. The van der Waals surface area contributed by atoms with Crippen LogP contribution in [-0.4, -0.2) is 22.5 Å². The highest BCUT2D eigenvalue weighted by Crippen LogP contribution is 2.48. The zero-order valence-electron chi connectivity index (χ0n) is 16.7. The lowest BCUT2D eigenvalue weighted by Gasteiger charge is -2.40. The van der Waals surface area contributed by atoms with E-state index in [1.807, 2.05) is 46.8 Å². The molecular weight excluding hydrogens is 360 g/mol. The number of aryl methyl sites for hydroxylation is 1. The molecule has 0 saturated heterocycles. The second kappa shape index (κ2) is 6.69. The van der Waals surface area contributed by atoms with Crippen molar-refractivity contribution in [1.82, 2.24) is 0 Å². The average molecular weight is 389 g/mol. The van der Waals surface area contributed by atoms with E-state index >= 15 is 0 Å². The van der Waals surface area contributed by atoms with E-state index in [4.69, 9.17) is 0 Å². The van der Waals surface area contributed by atoms with Crippen molar-refractivity contribution in [2.45, 2.75) is 59.8 Å². The van der Waals surface area contributed by atoms with Gasteiger partial charge in [-0.1, -0.05) is 27.7 Å². The van der Waals surface area contributed by atoms with E-state index in [1.165, 1.54) is 11.3 Å². The van der Waals surface area contributed by atoms with E-state index in [1.54, 1.807) is 6.08 Å². The molecule has 0 aromatic carbocycles. The molecule has 2 aliphatic rings. The number of ketones is 3. The number of hydrogen-bond acceptors (Lipinski definition) is 5. The number of hydrogen-bond donors (Lipinski definition) is 1. The van der Waals surface area contributed by atoms with Crippen LogP contribution in [0.25, 0.3) is 0 Å². The minimum atomic E-state index is -0.859. The van der Waals surface area contributed by atoms with Crippen LogP contribution >= 0.6 is 11.3 Å². The van der Waals surface area contributed by atoms with Gasteiger partial charge in [-0.25, -0.2) is 0 Å². The number of rotatable bonds is 3. The van der Waals surface area contributed by atoms with Crippen LogP contribution in [0.1, 0.15) is 62.6 Å². The van der Waals surface area contributed by atoms with Gasteiger partial charge in [0, 0.05) is 34.9 Å². The van der Waals surface area contributed by atoms with Crippen LogP contribution < -0.4 is 0 Å². The summed E-state index contributed by atoms with van der Waals surface area (Å²) in [4.78, 5) is 40.9. The third kappa shape index (κ3) is 3.93. The van der Waals surface area contributed by atoms with Gasteiger partial charge in [0.15, 0.2) is 0 Å². The normalized spacial score (nSPS) is 26.8. The van der Waals surface area contributed by atoms with Gasteiger partial charge in [-0.15, -0.1) is 11.3 Å². The first-order chi connectivity index (χ1) is 12.4. The van der Waals surface area contributed by atoms with Gasteiger partial charge in [-0.05, 0) is 36.0 Å². The summed E-state index contributed by atoms with van der Waals surface area (Å²) in [5.74, 6) is -2.62. The van der Waals surface area contributed by atoms with Gasteiger partial charge in [0.25, 0.3) is 0 Å². The van der Waals surface area contributed by atoms with Crippen molar-refractivity contribution in [2.24, 2.45) is 22.7 Å². The Balaban J connectivity index is 2.10. The summed E-state index contributed by atoms with van der Waals surface area (Å²) < 4.78 is 0. The number of carbonyl (C=O) groups excluding carboxylic acids is 3. The highest BCUT2D eigenvalue weighted by molar-refractivity contribution is 7.12. The first-order valence-corrected chi connectivity index (χ1v) is 10.3. The van der Waals surface area contributed by atoms with E-state index in [0.717, 1.165) is 9.75 Å². The van der Waals surface area contributed by atoms with E-state index < -0.39 is 23.2 Å². The Morgan fingerprint density at radius 3 is 2.00 bits per heavy atom. The number of carbonyl (C=O) groups is 3. The second-order valence-corrected chi connectivity index (χ2v) is 10.9. The van der Waals surface area contributed by atoms with Crippen molar-refractivity contribution in [2.75, 3.05) is 0 Å². The summed E-state index contributed by atoms with van der Waals surface area (Å²) >= 11 is 1.50. The molecule has 1 aromatic rings. The van der Waals surface area contributed by atoms with Crippen LogP contribution in [0, 0.1) is 29.6 Å². The fourth-order valence-corrected chi connectivity index (χ4v) is 5.66. The van der Waals surface area contributed by atoms with Crippen molar-refractivity contribution in [3.05, 3.63) is 33.7 Å². The summed E-state index contributed by atoms with van der Waals surface area (Å²) in [6, 6.07) is 3.83. The van der Waals surface area contributed by atoms with Crippen LogP contribution in [0.2, 0.25) is 0 Å². The predicted octanol–water partition coefficient (Wildman–Crippen LogP) is 4.77. The van der Waals surface area contributed by atoms with Crippen LogP contribution in [0.4, 0.5) is 0 Å². The summed E-state index contributed by atoms with van der Waals surface area (Å²) in [6.45, 7) is 9.62. The molecule has 0 amide bonds. The van der Waals surface area contributed by atoms with E-state index in [-0.39, 0.29) is 28.5 Å². The highest BCUT2D eigenvalue weighted by atomic mass is 32.1. The molecule has 1 fully saturated rings. The first kappa shape index (κ1) is 20.0. The fourth-order valence-electron chi connectivity index (χ4n) is 4.61. The van der Waals surface area contributed by atoms with Crippen molar-refractivity contribution in [3.63, 3.8) is 0 Å². The van der Waals surface area contributed by atoms with Gasteiger partial charge in [0.2, 0.25) is 0 Å². The molecule has 5 heteroatoms. The Morgan fingerprint density at radius 1 is 0.963 bits per heavy atom. The quantitative estimate of drug-likeness (QED) is 0.757. The molecule has 2 aliphatic carbocycles. The molecule has 2 unspecified atom stereocenters. The van der Waals surface area contributed by atoms with Gasteiger partial charge < -0.3 is 5.11 Å². The topological polar surface area (TPSA) is 71.4 Å². The molecule has 1 aromatic heterocycles. The third-order valence-corrected chi connectivity index (χ3v) is 6.74. The summed E-state index contributed by atoms with van der Waals surface area (Å²) in [5.41, 5.74) is -0.771. The van der Waals surface area contributed by atoms with Gasteiger partial charge in [0.05, 0.1) is 17.6 Å². The number of aliphatic hydroxyl groups excluding tert-OH is 1. The van der Waals surface area contributed by atoms with Gasteiger partial charge >= 0.3 is 0 Å². The molecule has 4 nitrogen and oxygen atoms in total. The molecule has 0 spiro atoms. The molecule has 0 bridgehead atoms. The molecule has 0 radical (unpaired) electrons. The molecule has 146 valence electrons. The minimum Gasteiger partial charge on any atom is -0.512 e. The van der Waals surface area contributed by atoms with Gasteiger partial charge in [-0.2, -0.15) is 0 Å². The lowest BCUT2D eigenvalue weighted by molar-refractivity contribution is -0.141. The van der Waals surface area contributed by atoms with Crippen LogP contribution in [-0.2, 0) is 14.4 Å². The molecule has 27 heavy (non-hydrogen) atoms. The van der Waals surface area contributed by atoms with Gasteiger partial charge in [0.1, 0.15) is 17.3 Å². The SMILES string of the molecule is Cc1ccc(C(C2C(=O)CC(C)(C)CC2=O)C2C(=O)CC(C)(C)C=C2O)s1. The zero-order valence-corrected chi connectivity index (χ0v) is 17.5. The second-order valence-electron chi connectivity index (χ2n) is 9.58. The molecule has 2 atom stereocenters. The Kier molecular flexibility index (Phi) is 4.96. The zero-order chi connectivity index (χ0) is 20.1. The smallest absolute Gasteiger partial charge is 0.145 e. The Bertz CT molecular complexity index is 807. The Morgan fingerprint density at radius 2 is 1.52 bits per heavy atom. The Labute approximate surface area is 164 Å². The average Bonchev–Trinajstić information content (AvgIpc) is 2.87. The molecule has 1 heterocycles. The van der Waals surface area contributed by atoms with Crippen molar-refractivity contribution in [3.8, 4) is 0 Å². The molecule has 3 rings (SSSR count). The maximum Gasteiger partial charge on any atom is 0.145 e. The largest absolute Gasteiger partial charge is 0.512 e. The van der Waals surface area contributed by atoms with E-state index in [2.05, 4.69) is 0 Å².